The van der Waals surface area contributed by atoms with Gasteiger partial charge in [0.05, 0.1) is 12.0 Å². The van der Waals surface area contributed by atoms with Crippen molar-refractivity contribution in [2.45, 2.75) is 25.8 Å². The Balaban J connectivity index is 1.92. The van der Waals surface area contributed by atoms with Crippen molar-refractivity contribution >= 4 is 5.91 Å². The van der Waals surface area contributed by atoms with Crippen LogP contribution in [0.25, 0.3) is 0 Å². The molecular formula is C15H21FN2O. The molecule has 104 valence electrons. The molecule has 1 amide bonds. The first-order valence-electron chi connectivity index (χ1n) is 6.80. The molecule has 1 aliphatic rings. The monoisotopic (exact) mass is 264 g/mol. The van der Waals surface area contributed by atoms with Crippen molar-refractivity contribution < 1.29 is 9.18 Å². The fraction of sp³-hybridized carbons (Fsp3) is 0.533. The molecule has 1 fully saturated rings. The van der Waals surface area contributed by atoms with E-state index in [2.05, 4.69) is 10.2 Å². The topological polar surface area (TPSA) is 32.3 Å². The maximum Gasteiger partial charge on any atom is 0.224 e. The summed E-state index contributed by atoms with van der Waals surface area (Å²) in [6.45, 7) is 3.82. The van der Waals surface area contributed by atoms with Gasteiger partial charge in [-0.2, -0.15) is 0 Å². The zero-order chi connectivity index (χ0) is 13.8. The lowest BCUT2D eigenvalue weighted by Gasteiger charge is -2.29. The minimum absolute atomic E-state index is 0.0710. The predicted octanol–water partition coefficient (Wildman–Crippen LogP) is 2.34. The van der Waals surface area contributed by atoms with E-state index in [1.54, 1.807) is 12.1 Å². The van der Waals surface area contributed by atoms with Gasteiger partial charge >= 0.3 is 0 Å². The number of hydrogen-bond acceptors (Lipinski definition) is 2. The van der Waals surface area contributed by atoms with Crippen LogP contribution in [0, 0.1) is 11.7 Å². The van der Waals surface area contributed by atoms with Crippen LogP contribution in [-0.2, 0) is 4.79 Å². The highest BCUT2D eigenvalue weighted by Gasteiger charge is 2.24. The minimum Gasteiger partial charge on any atom is -0.349 e. The van der Waals surface area contributed by atoms with E-state index in [9.17, 15) is 9.18 Å². The van der Waals surface area contributed by atoms with Crippen LogP contribution in [0.4, 0.5) is 4.39 Å². The molecule has 2 rings (SSSR count). The molecule has 19 heavy (non-hydrogen) atoms. The van der Waals surface area contributed by atoms with Gasteiger partial charge in [0, 0.05) is 6.54 Å². The first-order chi connectivity index (χ1) is 9.06. The van der Waals surface area contributed by atoms with E-state index in [0.29, 0.717) is 0 Å². The second-order valence-electron chi connectivity index (χ2n) is 5.38. The Kier molecular flexibility index (Phi) is 4.53. The maximum atomic E-state index is 12.9. The van der Waals surface area contributed by atoms with Crippen molar-refractivity contribution in [1.29, 1.82) is 0 Å². The first-order valence-corrected chi connectivity index (χ1v) is 6.80. The van der Waals surface area contributed by atoms with E-state index in [4.69, 9.17) is 0 Å². The molecular weight excluding hydrogens is 243 g/mol. The van der Waals surface area contributed by atoms with Crippen LogP contribution < -0.4 is 5.32 Å². The number of nitrogens with one attached hydrogen (secondary N) is 1. The van der Waals surface area contributed by atoms with Crippen molar-refractivity contribution in [3.05, 3.63) is 35.6 Å². The predicted molar refractivity (Wildman–Crippen MR) is 73.2 cm³/mol. The molecule has 3 nitrogen and oxygen atoms in total. The Hall–Kier alpha value is -1.42. The summed E-state index contributed by atoms with van der Waals surface area (Å²) in [6.07, 6.45) is 2.02. The number of carbonyl (C=O) groups is 1. The van der Waals surface area contributed by atoms with Crippen LogP contribution in [0.1, 0.15) is 31.4 Å². The van der Waals surface area contributed by atoms with E-state index in [1.807, 2.05) is 14.0 Å². The molecule has 0 bridgehead atoms. The lowest BCUT2D eigenvalue weighted by molar-refractivity contribution is -0.127. The van der Waals surface area contributed by atoms with Crippen LogP contribution in [0.3, 0.4) is 0 Å². The van der Waals surface area contributed by atoms with Gasteiger partial charge in [-0.15, -0.1) is 0 Å². The standard InChI is InChI=1S/C15H21FN2O/c1-11(12-5-7-14(16)8-6-12)17-15(19)13-4-3-9-18(2)10-13/h5-8,11,13H,3-4,9-10H2,1-2H3,(H,17,19). The number of carbonyl (C=O) groups excluding carboxylic acids is 1. The van der Waals surface area contributed by atoms with Gasteiger partial charge in [-0.3, -0.25) is 4.79 Å². The quantitative estimate of drug-likeness (QED) is 0.909. The highest BCUT2D eigenvalue weighted by molar-refractivity contribution is 5.79. The number of benzene rings is 1. The summed E-state index contributed by atoms with van der Waals surface area (Å²) in [4.78, 5) is 14.4. The van der Waals surface area contributed by atoms with E-state index in [-0.39, 0.29) is 23.7 Å². The smallest absolute Gasteiger partial charge is 0.224 e. The van der Waals surface area contributed by atoms with Crippen molar-refractivity contribution in [1.82, 2.24) is 10.2 Å². The van der Waals surface area contributed by atoms with E-state index in [0.717, 1.165) is 31.5 Å². The van der Waals surface area contributed by atoms with Gasteiger partial charge in [0.25, 0.3) is 0 Å². The summed E-state index contributed by atoms with van der Waals surface area (Å²) in [5, 5.41) is 3.02. The Morgan fingerprint density at radius 2 is 2.11 bits per heavy atom. The van der Waals surface area contributed by atoms with Crippen molar-refractivity contribution in [2.75, 3.05) is 20.1 Å². The molecule has 1 aromatic carbocycles. The van der Waals surface area contributed by atoms with Gasteiger partial charge in [-0.1, -0.05) is 12.1 Å². The highest BCUT2D eigenvalue weighted by Crippen LogP contribution is 2.18. The van der Waals surface area contributed by atoms with E-state index >= 15 is 0 Å². The number of halogens is 1. The average Bonchev–Trinajstić information content (AvgIpc) is 2.39. The molecule has 0 saturated carbocycles. The molecule has 1 aliphatic heterocycles. The number of hydrogen-bond donors (Lipinski definition) is 1. The molecule has 1 saturated heterocycles. The second-order valence-corrected chi connectivity index (χ2v) is 5.38. The Labute approximate surface area is 113 Å². The van der Waals surface area contributed by atoms with Crippen molar-refractivity contribution in [2.24, 2.45) is 5.92 Å². The van der Waals surface area contributed by atoms with Crippen LogP contribution in [0.15, 0.2) is 24.3 Å². The minimum atomic E-state index is -0.254. The highest BCUT2D eigenvalue weighted by atomic mass is 19.1. The second kappa shape index (κ2) is 6.15. The van der Waals surface area contributed by atoms with E-state index in [1.165, 1.54) is 12.1 Å². The third-order valence-corrected chi connectivity index (χ3v) is 3.72. The number of likely N-dealkylation sites (tertiary alicyclic amines) is 1. The van der Waals surface area contributed by atoms with Crippen molar-refractivity contribution in [3.63, 3.8) is 0 Å². The fourth-order valence-electron chi connectivity index (χ4n) is 2.55. The third kappa shape index (κ3) is 3.77. The van der Waals surface area contributed by atoms with Crippen molar-refractivity contribution in [3.8, 4) is 0 Å². The molecule has 0 spiro atoms. The summed E-state index contributed by atoms with van der Waals surface area (Å²) in [5.74, 6) is -0.0822. The summed E-state index contributed by atoms with van der Waals surface area (Å²) < 4.78 is 12.9. The molecule has 1 aromatic rings. The lowest BCUT2D eigenvalue weighted by Crippen LogP contribution is -2.42. The summed E-state index contributed by atoms with van der Waals surface area (Å²) in [7, 11) is 2.04. The van der Waals surface area contributed by atoms with Gasteiger partial charge in [0.15, 0.2) is 0 Å². The maximum absolute atomic E-state index is 12.9. The molecule has 0 radical (unpaired) electrons. The average molecular weight is 264 g/mol. The molecule has 0 aliphatic carbocycles. The van der Waals surface area contributed by atoms with E-state index < -0.39 is 0 Å². The Morgan fingerprint density at radius 3 is 2.74 bits per heavy atom. The Morgan fingerprint density at radius 1 is 1.42 bits per heavy atom. The van der Waals surface area contributed by atoms with Gasteiger partial charge in [0.1, 0.15) is 5.82 Å². The van der Waals surface area contributed by atoms with Crippen LogP contribution in [0.2, 0.25) is 0 Å². The SMILES string of the molecule is CC(NC(=O)C1CCCN(C)C1)c1ccc(F)cc1. The zero-order valence-corrected chi connectivity index (χ0v) is 11.5. The van der Waals surface area contributed by atoms with Crippen LogP contribution in [-0.4, -0.2) is 30.9 Å². The number of rotatable bonds is 3. The largest absolute Gasteiger partial charge is 0.349 e. The van der Waals surface area contributed by atoms with Crippen LogP contribution >= 0.6 is 0 Å². The molecule has 4 heteroatoms. The normalized spacial score (nSPS) is 21.9. The fourth-order valence-corrected chi connectivity index (χ4v) is 2.55. The molecule has 1 N–H and O–H groups in total. The van der Waals surface area contributed by atoms with Gasteiger partial charge in [-0.05, 0) is 51.1 Å². The third-order valence-electron chi connectivity index (χ3n) is 3.72. The number of amides is 1. The Bertz CT molecular complexity index is 432. The van der Waals surface area contributed by atoms with Gasteiger partial charge in [0.2, 0.25) is 5.91 Å². The molecule has 1 heterocycles. The van der Waals surface area contributed by atoms with Gasteiger partial charge in [-0.25, -0.2) is 4.39 Å². The molecule has 0 aromatic heterocycles. The van der Waals surface area contributed by atoms with Gasteiger partial charge < -0.3 is 10.2 Å². The molecule has 2 unspecified atom stereocenters. The number of nitrogens with zero attached hydrogens (tertiary/aromatic N) is 1. The van der Waals surface area contributed by atoms with Crippen LogP contribution in [0.5, 0.6) is 0 Å². The lowest BCUT2D eigenvalue weighted by atomic mass is 9.97. The zero-order valence-electron chi connectivity index (χ0n) is 11.5. The summed E-state index contributed by atoms with van der Waals surface area (Å²) in [5.41, 5.74) is 0.930. The summed E-state index contributed by atoms with van der Waals surface area (Å²) in [6, 6.07) is 6.19. The summed E-state index contributed by atoms with van der Waals surface area (Å²) >= 11 is 0. The number of piperidine rings is 1. The molecule has 2 atom stereocenters. The first kappa shape index (κ1) is 14.0.